The van der Waals surface area contributed by atoms with Crippen LogP contribution in [0.5, 0.6) is 0 Å². The number of hydrogen-bond acceptors (Lipinski definition) is 2. The van der Waals surface area contributed by atoms with Crippen molar-refractivity contribution in [1.29, 1.82) is 0 Å². The average molecular weight is 268 g/mol. The molecule has 0 amide bonds. The fourth-order valence-electron chi connectivity index (χ4n) is 3.19. The monoisotopic (exact) mass is 268 g/mol. The van der Waals surface area contributed by atoms with Crippen molar-refractivity contribution in [3.05, 3.63) is 0 Å². The molecule has 0 saturated heterocycles. The first-order chi connectivity index (χ1) is 9.24. The minimum Gasteiger partial charge on any atom is -0.396 e. The lowest BCUT2D eigenvalue weighted by Crippen LogP contribution is -2.18. The van der Waals surface area contributed by atoms with E-state index in [4.69, 9.17) is 5.11 Å². The second-order valence-corrected chi connectivity index (χ2v) is 6.38. The minimum absolute atomic E-state index is 0.252. The molecule has 0 bridgehead atoms. The Balaban J connectivity index is 2.43. The van der Waals surface area contributed by atoms with E-state index in [1.165, 1.54) is 44.9 Å². The molecule has 0 aliphatic heterocycles. The van der Waals surface area contributed by atoms with Crippen LogP contribution in [0.2, 0.25) is 0 Å². The second-order valence-electron chi connectivity index (χ2n) is 6.38. The molecule has 0 aromatic rings. The van der Waals surface area contributed by atoms with Gasteiger partial charge in [0.2, 0.25) is 0 Å². The van der Waals surface area contributed by atoms with E-state index >= 15 is 0 Å². The van der Waals surface area contributed by atoms with Crippen molar-refractivity contribution in [1.82, 2.24) is 0 Å². The van der Waals surface area contributed by atoms with Gasteiger partial charge in [0.15, 0.2) is 0 Å². The maximum atomic E-state index is 12.3. The molecule has 0 spiro atoms. The zero-order chi connectivity index (χ0) is 13.9. The van der Waals surface area contributed by atoms with Crippen LogP contribution in [0.4, 0.5) is 0 Å². The Kier molecular flexibility index (Phi) is 9.15. The Morgan fingerprint density at radius 3 is 2.26 bits per heavy atom. The Labute approximate surface area is 119 Å². The molecule has 1 aliphatic carbocycles. The van der Waals surface area contributed by atoms with E-state index in [1.807, 2.05) is 0 Å². The Hall–Kier alpha value is -0.370. The van der Waals surface area contributed by atoms with Crippen molar-refractivity contribution in [2.45, 2.75) is 84.0 Å². The van der Waals surface area contributed by atoms with Gasteiger partial charge in [0.25, 0.3) is 0 Å². The van der Waals surface area contributed by atoms with Crippen molar-refractivity contribution in [2.24, 2.45) is 11.8 Å². The highest BCUT2D eigenvalue weighted by atomic mass is 16.3. The molecule has 2 nitrogen and oxygen atoms in total. The third-order valence-electron chi connectivity index (χ3n) is 4.49. The van der Waals surface area contributed by atoms with Crippen molar-refractivity contribution >= 4 is 5.78 Å². The van der Waals surface area contributed by atoms with E-state index in [2.05, 4.69) is 6.92 Å². The van der Waals surface area contributed by atoms with Gasteiger partial charge in [-0.1, -0.05) is 51.9 Å². The summed E-state index contributed by atoms with van der Waals surface area (Å²) in [4.78, 5) is 12.3. The van der Waals surface area contributed by atoms with Crippen molar-refractivity contribution < 1.29 is 9.90 Å². The van der Waals surface area contributed by atoms with E-state index < -0.39 is 0 Å². The summed E-state index contributed by atoms with van der Waals surface area (Å²) < 4.78 is 0. The number of carbonyl (C=O) groups excluding carboxylic acids is 1. The van der Waals surface area contributed by atoms with Crippen LogP contribution in [0.25, 0.3) is 0 Å². The lowest BCUT2D eigenvalue weighted by atomic mass is 9.84. The summed E-state index contributed by atoms with van der Waals surface area (Å²) in [6.07, 6.45) is 13.9. The van der Waals surface area contributed by atoms with Gasteiger partial charge in [-0.3, -0.25) is 4.79 Å². The predicted octanol–water partition coefficient (Wildman–Crippen LogP) is 4.49. The van der Waals surface area contributed by atoms with Gasteiger partial charge in [0.05, 0.1) is 0 Å². The van der Waals surface area contributed by atoms with E-state index in [1.54, 1.807) is 0 Å². The molecule has 0 aromatic heterocycles. The van der Waals surface area contributed by atoms with Crippen LogP contribution < -0.4 is 0 Å². The van der Waals surface area contributed by atoms with Crippen LogP contribution in [-0.2, 0) is 4.79 Å². The molecule has 0 radical (unpaired) electrons. The van der Waals surface area contributed by atoms with Crippen LogP contribution in [-0.4, -0.2) is 17.5 Å². The summed E-state index contributed by atoms with van der Waals surface area (Å²) >= 11 is 0. The van der Waals surface area contributed by atoms with Gasteiger partial charge in [-0.25, -0.2) is 0 Å². The molecule has 1 rings (SSSR count). The smallest absolute Gasteiger partial charge is 0.135 e. The number of ketones is 1. The summed E-state index contributed by atoms with van der Waals surface area (Å²) in [6.45, 7) is 2.42. The van der Waals surface area contributed by atoms with Gasteiger partial charge in [-0.2, -0.15) is 0 Å². The Morgan fingerprint density at radius 1 is 1.05 bits per heavy atom. The van der Waals surface area contributed by atoms with Crippen LogP contribution in [0, 0.1) is 11.8 Å². The highest BCUT2D eigenvalue weighted by Crippen LogP contribution is 2.25. The van der Waals surface area contributed by atoms with E-state index in [0.717, 1.165) is 32.1 Å². The molecule has 1 N–H and O–H groups in total. The molecular weight excluding hydrogens is 236 g/mol. The molecule has 2 unspecified atom stereocenters. The van der Waals surface area contributed by atoms with Crippen molar-refractivity contribution in [3.63, 3.8) is 0 Å². The molecule has 2 atom stereocenters. The summed E-state index contributed by atoms with van der Waals surface area (Å²) in [7, 11) is 0. The first-order valence-electron chi connectivity index (χ1n) is 8.37. The van der Waals surface area contributed by atoms with Gasteiger partial charge < -0.3 is 5.11 Å². The normalized spacial score (nSPS) is 25.4. The molecule has 0 aromatic carbocycles. The standard InChI is InChI=1S/C17H32O2/c1-15(12-13-18)14-16-10-8-6-4-2-3-5-7-9-11-17(16)19/h15-16,18H,2-14H2,1H3. The zero-order valence-electron chi connectivity index (χ0n) is 12.7. The fourth-order valence-corrected chi connectivity index (χ4v) is 3.19. The molecule has 0 heterocycles. The Morgan fingerprint density at radius 2 is 1.63 bits per heavy atom. The molecule has 2 heteroatoms. The van der Waals surface area contributed by atoms with Crippen LogP contribution in [0.3, 0.4) is 0 Å². The predicted molar refractivity (Wildman–Crippen MR) is 80.2 cm³/mol. The SMILES string of the molecule is CC(CCO)CC1CCCCCCCCCCC1=O. The molecule has 1 fully saturated rings. The summed E-state index contributed by atoms with van der Waals surface area (Å²) in [5.41, 5.74) is 0. The van der Waals surface area contributed by atoms with Crippen LogP contribution in [0.15, 0.2) is 0 Å². The van der Waals surface area contributed by atoms with E-state index in [-0.39, 0.29) is 12.5 Å². The Bertz CT molecular complexity index is 237. The highest BCUT2D eigenvalue weighted by molar-refractivity contribution is 5.80. The maximum Gasteiger partial charge on any atom is 0.135 e. The van der Waals surface area contributed by atoms with Gasteiger partial charge >= 0.3 is 0 Å². The highest BCUT2D eigenvalue weighted by Gasteiger charge is 2.20. The van der Waals surface area contributed by atoms with E-state index in [0.29, 0.717) is 11.7 Å². The minimum atomic E-state index is 0.252. The number of aliphatic hydroxyl groups is 1. The maximum absolute atomic E-state index is 12.3. The summed E-state index contributed by atoms with van der Waals surface area (Å²) in [5, 5.41) is 9.00. The molecule has 19 heavy (non-hydrogen) atoms. The first-order valence-corrected chi connectivity index (χ1v) is 8.37. The summed E-state index contributed by atoms with van der Waals surface area (Å²) in [5.74, 6) is 1.23. The number of rotatable bonds is 4. The van der Waals surface area contributed by atoms with Crippen molar-refractivity contribution in [2.75, 3.05) is 6.61 Å². The third kappa shape index (κ3) is 7.71. The van der Waals surface area contributed by atoms with Crippen LogP contribution in [0.1, 0.15) is 84.0 Å². The van der Waals surface area contributed by atoms with Gasteiger partial charge in [-0.15, -0.1) is 0 Å². The topological polar surface area (TPSA) is 37.3 Å². The largest absolute Gasteiger partial charge is 0.396 e. The van der Waals surface area contributed by atoms with Gasteiger partial charge in [-0.05, 0) is 31.6 Å². The first kappa shape index (κ1) is 16.7. The number of Topliss-reactive ketones (excluding diaryl/α,β-unsaturated/α-hetero) is 1. The van der Waals surface area contributed by atoms with Crippen LogP contribution >= 0.6 is 0 Å². The quantitative estimate of drug-likeness (QED) is 0.815. The lowest BCUT2D eigenvalue weighted by Gasteiger charge is -2.20. The molecular formula is C17H32O2. The van der Waals surface area contributed by atoms with Gasteiger partial charge in [0.1, 0.15) is 5.78 Å². The lowest BCUT2D eigenvalue weighted by molar-refractivity contribution is -0.123. The molecule has 1 aliphatic rings. The molecule has 1 saturated carbocycles. The molecule has 112 valence electrons. The number of aliphatic hydroxyl groups excluding tert-OH is 1. The average Bonchev–Trinajstić information content (AvgIpc) is 2.37. The third-order valence-corrected chi connectivity index (χ3v) is 4.49. The number of carbonyl (C=O) groups is 1. The fraction of sp³-hybridized carbons (Fsp3) is 0.941. The number of hydrogen-bond donors (Lipinski definition) is 1. The summed E-state index contributed by atoms with van der Waals surface area (Å²) in [6, 6.07) is 0. The zero-order valence-corrected chi connectivity index (χ0v) is 12.7. The second kappa shape index (κ2) is 10.4. The van der Waals surface area contributed by atoms with Crippen molar-refractivity contribution in [3.8, 4) is 0 Å². The van der Waals surface area contributed by atoms with E-state index in [9.17, 15) is 4.79 Å². The van der Waals surface area contributed by atoms with Gasteiger partial charge in [0, 0.05) is 18.9 Å².